The second kappa shape index (κ2) is 6.26. The number of likely N-dealkylation sites (tertiary alicyclic amines) is 1. The van der Waals surface area contributed by atoms with Crippen LogP contribution in [-0.4, -0.2) is 40.6 Å². The zero-order valence-electron chi connectivity index (χ0n) is 12.8. The van der Waals surface area contributed by atoms with Crippen molar-refractivity contribution < 1.29 is 23.3 Å². The van der Waals surface area contributed by atoms with Gasteiger partial charge in [0.2, 0.25) is 11.9 Å². The molecule has 1 saturated heterocycles. The SMILES string of the molecule is O=C(c1cc(F)ccc1F)C1CCN(C(=O)[C@H]2C[C@@H]2[N+](=O)[O-])CC1. The summed E-state index contributed by atoms with van der Waals surface area (Å²) in [5.41, 5.74) is -0.268. The number of rotatable bonds is 4. The first kappa shape index (κ1) is 16.5. The molecule has 1 heterocycles. The minimum Gasteiger partial charge on any atom is -0.342 e. The van der Waals surface area contributed by atoms with E-state index in [0.29, 0.717) is 25.9 Å². The molecule has 128 valence electrons. The first-order valence-corrected chi connectivity index (χ1v) is 7.80. The molecule has 2 atom stereocenters. The molecule has 0 radical (unpaired) electrons. The van der Waals surface area contributed by atoms with Crippen LogP contribution in [0.25, 0.3) is 0 Å². The molecule has 24 heavy (non-hydrogen) atoms. The molecule has 1 aliphatic heterocycles. The summed E-state index contributed by atoms with van der Waals surface area (Å²) in [5.74, 6) is -3.18. The molecule has 0 aromatic heterocycles. The van der Waals surface area contributed by atoms with E-state index in [9.17, 15) is 28.5 Å². The van der Waals surface area contributed by atoms with Crippen LogP contribution in [0.15, 0.2) is 18.2 Å². The van der Waals surface area contributed by atoms with E-state index in [0.717, 1.165) is 18.2 Å². The molecular formula is C16H16F2N2O4. The number of Topliss-reactive ketones (excluding diaryl/α,β-unsaturated/α-hetero) is 1. The maximum Gasteiger partial charge on any atom is 0.232 e. The van der Waals surface area contributed by atoms with Crippen molar-refractivity contribution in [2.24, 2.45) is 11.8 Å². The first-order valence-electron chi connectivity index (χ1n) is 7.80. The van der Waals surface area contributed by atoms with Crippen molar-refractivity contribution in [2.75, 3.05) is 13.1 Å². The fourth-order valence-electron chi connectivity index (χ4n) is 3.18. The summed E-state index contributed by atoms with van der Waals surface area (Å²) in [6.07, 6.45) is 0.950. The number of hydrogen-bond donors (Lipinski definition) is 0. The smallest absolute Gasteiger partial charge is 0.232 e. The number of carbonyl (C=O) groups excluding carboxylic acids is 2. The monoisotopic (exact) mass is 338 g/mol. The quantitative estimate of drug-likeness (QED) is 0.478. The summed E-state index contributed by atoms with van der Waals surface area (Å²) in [6.45, 7) is 0.597. The molecule has 1 amide bonds. The predicted octanol–water partition coefficient (Wildman–Crippen LogP) is 2.05. The Balaban J connectivity index is 1.59. The third-order valence-electron chi connectivity index (χ3n) is 4.72. The van der Waals surface area contributed by atoms with Crippen LogP contribution >= 0.6 is 0 Å². The Morgan fingerprint density at radius 2 is 1.88 bits per heavy atom. The molecule has 2 fully saturated rings. The second-order valence-electron chi connectivity index (χ2n) is 6.28. The molecule has 6 nitrogen and oxygen atoms in total. The lowest BCUT2D eigenvalue weighted by Crippen LogP contribution is -2.41. The maximum absolute atomic E-state index is 13.7. The molecule has 0 unspecified atom stereocenters. The van der Waals surface area contributed by atoms with Gasteiger partial charge in [-0.2, -0.15) is 0 Å². The summed E-state index contributed by atoms with van der Waals surface area (Å²) in [6, 6.07) is 1.97. The Bertz CT molecular complexity index is 701. The van der Waals surface area contributed by atoms with Crippen LogP contribution in [-0.2, 0) is 4.79 Å². The minimum atomic E-state index is -0.793. The van der Waals surface area contributed by atoms with Crippen LogP contribution in [0, 0.1) is 33.6 Å². The van der Waals surface area contributed by atoms with Gasteiger partial charge in [0.1, 0.15) is 17.6 Å². The van der Waals surface area contributed by atoms with Crippen LogP contribution in [0.2, 0.25) is 0 Å². The second-order valence-corrected chi connectivity index (χ2v) is 6.28. The largest absolute Gasteiger partial charge is 0.342 e. The van der Waals surface area contributed by atoms with Crippen LogP contribution < -0.4 is 0 Å². The van der Waals surface area contributed by atoms with Gasteiger partial charge in [-0.3, -0.25) is 19.7 Å². The highest BCUT2D eigenvalue weighted by Crippen LogP contribution is 2.36. The predicted molar refractivity (Wildman–Crippen MR) is 78.9 cm³/mol. The van der Waals surface area contributed by atoms with E-state index in [1.807, 2.05) is 0 Å². The van der Waals surface area contributed by atoms with Gasteiger partial charge >= 0.3 is 0 Å². The zero-order valence-corrected chi connectivity index (χ0v) is 12.8. The van der Waals surface area contributed by atoms with Crippen molar-refractivity contribution in [1.82, 2.24) is 4.90 Å². The fraction of sp³-hybridized carbons (Fsp3) is 0.500. The normalized spacial score (nSPS) is 23.8. The van der Waals surface area contributed by atoms with Gasteiger partial charge in [-0.1, -0.05) is 0 Å². The summed E-state index contributed by atoms with van der Waals surface area (Å²) in [7, 11) is 0. The lowest BCUT2D eigenvalue weighted by Gasteiger charge is -2.31. The number of benzene rings is 1. The van der Waals surface area contributed by atoms with Crippen LogP contribution in [0.1, 0.15) is 29.6 Å². The number of nitrogens with zero attached hydrogens (tertiary/aromatic N) is 2. The fourth-order valence-corrected chi connectivity index (χ4v) is 3.18. The van der Waals surface area contributed by atoms with Gasteiger partial charge in [-0.05, 0) is 31.0 Å². The standard InChI is InChI=1S/C16H16F2N2O4/c17-10-1-2-13(18)11(7-10)15(21)9-3-5-19(6-4-9)16(22)12-8-14(12)20(23)24/h1-2,7,9,12,14H,3-6,8H2/t12-,14-/m0/s1. The maximum atomic E-state index is 13.7. The molecule has 1 aromatic rings. The van der Waals surface area contributed by atoms with Crippen LogP contribution in [0.4, 0.5) is 8.78 Å². The van der Waals surface area contributed by atoms with E-state index in [4.69, 9.17) is 0 Å². The molecule has 1 aliphatic carbocycles. The van der Waals surface area contributed by atoms with Gasteiger partial charge in [0.25, 0.3) is 0 Å². The number of amides is 1. The molecule has 1 aromatic carbocycles. The molecule has 8 heteroatoms. The van der Waals surface area contributed by atoms with Gasteiger partial charge < -0.3 is 4.90 Å². The Labute approximate surface area is 136 Å². The van der Waals surface area contributed by atoms with Crippen molar-refractivity contribution in [3.8, 4) is 0 Å². The van der Waals surface area contributed by atoms with E-state index in [-0.39, 0.29) is 17.9 Å². The highest BCUT2D eigenvalue weighted by Gasteiger charge is 2.54. The van der Waals surface area contributed by atoms with E-state index in [1.165, 1.54) is 4.90 Å². The Kier molecular flexibility index (Phi) is 4.29. The average molecular weight is 338 g/mol. The number of piperidine rings is 1. The van der Waals surface area contributed by atoms with E-state index >= 15 is 0 Å². The highest BCUT2D eigenvalue weighted by molar-refractivity contribution is 5.98. The third kappa shape index (κ3) is 3.13. The van der Waals surface area contributed by atoms with Gasteiger partial charge in [0.05, 0.1) is 5.56 Å². The van der Waals surface area contributed by atoms with Crippen molar-refractivity contribution in [1.29, 1.82) is 0 Å². The van der Waals surface area contributed by atoms with Gasteiger partial charge in [0, 0.05) is 30.4 Å². The van der Waals surface area contributed by atoms with Gasteiger partial charge in [0.15, 0.2) is 5.78 Å². The summed E-state index contributed by atoms with van der Waals surface area (Å²) >= 11 is 0. The van der Waals surface area contributed by atoms with Crippen molar-refractivity contribution in [3.05, 3.63) is 45.5 Å². The van der Waals surface area contributed by atoms with Crippen LogP contribution in [0.3, 0.4) is 0 Å². The van der Waals surface area contributed by atoms with E-state index in [1.54, 1.807) is 0 Å². The summed E-state index contributed by atoms with van der Waals surface area (Å²) in [5, 5.41) is 10.6. The summed E-state index contributed by atoms with van der Waals surface area (Å²) < 4.78 is 26.9. The summed E-state index contributed by atoms with van der Waals surface area (Å²) in [4.78, 5) is 36.2. The van der Waals surface area contributed by atoms with Gasteiger partial charge in [-0.25, -0.2) is 8.78 Å². The van der Waals surface area contributed by atoms with Crippen molar-refractivity contribution in [3.63, 3.8) is 0 Å². The molecule has 3 rings (SSSR count). The minimum absolute atomic E-state index is 0.250. The molecule has 0 spiro atoms. The van der Waals surface area contributed by atoms with Crippen molar-refractivity contribution >= 4 is 11.7 Å². The van der Waals surface area contributed by atoms with E-state index in [2.05, 4.69) is 0 Å². The number of hydrogen-bond acceptors (Lipinski definition) is 4. The molecule has 2 aliphatic rings. The molecular weight excluding hydrogens is 322 g/mol. The number of nitro groups is 1. The van der Waals surface area contributed by atoms with Crippen LogP contribution in [0.5, 0.6) is 0 Å². The molecule has 1 saturated carbocycles. The topological polar surface area (TPSA) is 80.5 Å². The average Bonchev–Trinajstić information content (AvgIpc) is 3.37. The third-order valence-corrected chi connectivity index (χ3v) is 4.72. The Morgan fingerprint density at radius 3 is 2.46 bits per heavy atom. The lowest BCUT2D eigenvalue weighted by molar-refractivity contribution is -0.497. The van der Waals surface area contributed by atoms with Crippen molar-refractivity contribution in [2.45, 2.75) is 25.3 Å². The lowest BCUT2D eigenvalue weighted by atomic mass is 9.88. The zero-order chi connectivity index (χ0) is 17.4. The van der Waals surface area contributed by atoms with Gasteiger partial charge in [-0.15, -0.1) is 0 Å². The first-order chi connectivity index (χ1) is 11.4. The molecule has 0 bridgehead atoms. The number of ketones is 1. The molecule has 0 N–H and O–H groups in total. The van der Waals surface area contributed by atoms with E-state index < -0.39 is 40.2 Å². The number of carbonyl (C=O) groups is 2. The number of halogens is 2. The Hall–Kier alpha value is -2.38. The Morgan fingerprint density at radius 1 is 1.21 bits per heavy atom. The highest BCUT2D eigenvalue weighted by atomic mass is 19.1.